The largest absolute Gasteiger partial charge is 0.457 e. The van der Waals surface area contributed by atoms with Gasteiger partial charge in [0, 0.05) is 12.1 Å². The van der Waals surface area contributed by atoms with Crippen LogP contribution >= 0.6 is 0 Å². The number of nitro benzene ring substituents is 1. The summed E-state index contributed by atoms with van der Waals surface area (Å²) < 4.78 is 24.2. The maximum absolute atomic E-state index is 13.5. The summed E-state index contributed by atoms with van der Waals surface area (Å²) in [5.41, 5.74) is 0.0555. The van der Waals surface area contributed by atoms with Crippen LogP contribution in [0.15, 0.2) is 36.4 Å². The Morgan fingerprint density at radius 2 is 1.89 bits per heavy atom. The maximum atomic E-state index is 13.5. The summed E-state index contributed by atoms with van der Waals surface area (Å²) >= 11 is 0. The van der Waals surface area contributed by atoms with Crippen LogP contribution in [0.1, 0.15) is 31.9 Å². The molecule has 0 aliphatic carbocycles. The number of nitrogens with one attached hydrogen (secondary N) is 1. The molecule has 0 heterocycles. The Balaban J connectivity index is 2.20. The zero-order valence-corrected chi connectivity index (χ0v) is 15.5. The molecule has 27 heavy (non-hydrogen) atoms. The minimum atomic E-state index is -0.691. The van der Waals surface area contributed by atoms with Crippen molar-refractivity contribution in [2.45, 2.75) is 39.8 Å². The van der Waals surface area contributed by atoms with Gasteiger partial charge in [0.05, 0.1) is 17.0 Å². The molecule has 0 saturated carbocycles. The summed E-state index contributed by atoms with van der Waals surface area (Å²) in [5, 5.41) is 13.7. The third kappa shape index (κ3) is 6.25. The van der Waals surface area contributed by atoms with E-state index in [1.807, 2.05) is 0 Å². The average molecular weight is 376 g/mol. The monoisotopic (exact) mass is 376 g/mol. The molecule has 0 aromatic heterocycles. The van der Waals surface area contributed by atoms with E-state index in [0.29, 0.717) is 5.56 Å². The molecule has 2 aromatic carbocycles. The molecule has 0 radical (unpaired) electrons. The van der Waals surface area contributed by atoms with Crippen molar-refractivity contribution < 1.29 is 23.6 Å². The Labute approximate surface area is 156 Å². The smallest absolute Gasteiger partial charge is 0.407 e. The van der Waals surface area contributed by atoms with E-state index in [-0.39, 0.29) is 29.3 Å². The summed E-state index contributed by atoms with van der Waals surface area (Å²) in [4.78, 5) is 22.5. The van der Waals surface area contributed by atoms with Gasteiger partial charge < -0.3 is 14.8 Å². The van der Waals surface area contributed by atoms with Gasteiger partial charge in [-0.2, -0.15) is 0 Å². The lowest BCUT2D eigenvalue weighted by Crippen LogP contribution is -2.32. The average Bonchev–Trinajstić information content (AvgIpc) is 2.50. The number of carbonyl (C=O) groups is 1. The van der Waals surface area contributed by atoms with Crippen molar-refractivity contribution in [2.75, 3.05) is 0 Å². The normalized spacial score (nSPS) is 11.0. The molecular formula is C19H21FN2O5. The number of benzene rings is 2. The van der Waals surface area contributed by atoms with Crippen molar-refractivity contribution >= 4 is 11.8 Å². The fourth-order valence-electron chi connectivity index (χ4n) is 2.32. The third-order valence-electron chi connectivity index (χ3n) is 3.32. The van der Waals surface area contributed by atoms with Crippen molar-refractivity contribution in [1.29, 1.82) is 0 Å². The highest BCUT2D eigenvalue weighted by Gasteiger charge is 2.19. The maximum Gasteiger partial charge on any atom is 0.407 e. The summed E-state index contributed by atoms with van der Waals surface area (Å²) in [6.45, 7) is 6.74. The Hall–Kier alpha value is -3.16. The number of hydrogen-bond donors (Lipinski definition) is 1. The molecule has 1 amide bonds. The van der Waals surface area contributed by atoms with Crippen LogP contribution in [0, 0.1) is 22.9 Å². The first-order chi connectivity index (χ1) is 12.5. The highest BCUT2D eigenvalue weighted by Crippen LogP contribution is 2.28. The second-order valence-corrected chi connectivity index (χ2v) is 6.97. The number of aryl methyl sites for hydroxylation is 1. The number of hydrogen-bond acceptors (Lipinski definition) is 5. The first-order valence-corrected chi connectivity index (χ1v) is 8.23. The number of nitro groups is 1. The van der Waals surface area contributed by atoms with Crippen LogP contribution in [0.25, 0.3) is 0 Å². The van der Waals surface area contributed by atoms with Crippen LogP contribution in [0.2, 0.25) is 0 Å². The van der Waals surface area contributed by atoms with Gasteiger partial charge in [0.15, 0.2) is 0 Å². The number of amides is 1. The second kappa shape index (κ2) is 8.03. The molecule has 0 fully saturated rings. The van der Waals surface area contributed by atoms with Gasteiger partial charge >= 0.3 is 6.09 Å². The number of halogens is 1. The standard InChI is InChI=1S/C19H21FN2O5/c1-12-7-14(20)10-16(8-12)26-15-5-6-17(22(24)25)13(9-15)11-21-18(23)27-19(2,3)4/h5-10H,11H2,1-4H3,(H,21,23). The second-order valence-electron chi connectivity index (χ2n) is 6.97. The van der Waals surface area contributed by atoms with Gasteiger partial charge in [0.1, 0.15) is 22.9 Å². The zero-order valence-electron chi connectivity index (χ0n) is 15.5. The minimum Gasteiger partial charge on any atom is -0.457 e. The van der Waals surface area contributed by atoms with Gasteiger partial charge in [0.25, 0.3) is 5.69 Å². The van der Waals surface area contributed by atoms with Gasteiger partial charge in [0.2, 0.25) is 0 Å². The number of carbonyl (C=O) groups excluding carboxylic acids is 1. The molecule has 1 N–H and O–H groups in total. The Morgan fingerprint density at radius 3 is 2.48 bits per heavy atom. The molecule has 2 rings (SSSR count). The SMILES string of the molecule is Cc1cc(F)cc(Oc2ccc([N+](=O)[O-])c(CNC(=O)OC(C)(C)C)c2)c1. The molecule has 0 bridgehead atoms. The molecule has 0 aliphatic rings. The topological polar surface area (TPSA) is 90.7 Å². The molecule has 0 saturated heterocycles. The Morgan fingerprint density at radius 1 is 1.19 bits per heavy atom. The van der Waals surface area contributed by atoms with Gasteiger partial charge in [-0.1, -0.05) is 0 Å². The third-order valence-corrected chi connectivity index (χ3v) is 3.32. The molecule has 144 valence electrons. The number of nitrogens with zero attached hydrogens (tertiary/aromatic N) is 1. The van der Waals surface area contributed by atoms with E-state index in [2.05, 4.69) is 5.32 Å². The van der Waals surface area contributed by atoms with E-state index in [9.17, 15) is 19.3 Å². The van der Waals surface area contributed by atoms with Crippen LogP contribution < -0.4 is 10.1 Å². The fourth-order valence-corrected chi connectivity index (χ4v) is 2.32. The van der Waals surface area contributed by atoms with E-state index >= 15 is 0 Å². The van der Waals surface area contributed by atoms with Crippen LogP contribution in [0.3, 0.4) is 0 Å². The molecule has 2 aromatic rings. The van der Waals surface area contributed by atoms with Crippen LogP contribution in [-0.4, -0.2) is 16.6 Å². The quantitative estimate of drug-likeness (QED) is 0.594. The zero-order chi connectivity index (χ0) is 20.2. The van der Waals surface area contributed by atoms with Gasteiger partial charge in [-0.05, 0) is 57.5 Å². The summed E-state index contributed by atoms with van der Waals surface area (Å²) in [6, 6.07) is 8.33. The van der Waals surface area contributed by atoms with E-state index in [4.69, 9.17) is 9.47 Å². The molecule has 0 aliphatic heterocycles. The Bertz CT molecular complexity index is 841. The lowest BCUT2D eigenvalue weighted by atomic mass is 10.1. The van der Waals surface area contributed by atoms with Crippen molar-refractivity contribution in [3.05, 3.63) is 63.5 Å². The van der Waals surface area contributed by atoms with Gasteiger partial charge in [-0.3, -0.25) is 10.1 Å². The summed E-state index contributed by atoms with van der Waals surface area (Å²) in [7, 11) is 0. The van der Waals surface area contributed by atoms with Crippen molar-refractivity contribution in [3.63, 3.8) is 0 Å². The number of rotatable bonds is 5. The van der Waals surface area contributed by atoms with Gasteiger partial charge in [-0.15, -0.1) is 0 Å². The van der Waals surface area contributed by atoms with Crippen LogP contribution in [-0.2, 0) is 11.3 Å². The highest BCUT2D eigenvalue weighted by atomic mass is 19.1. The predicted molar refractivity (Wildman–Crippen MR) is 97.4 cm³/mol. The van der Waals surface area contributed by atoms with Crippen LogP contribution in [0.5, 0.6) is 11.5 Å². The first-order valence-electron chi connectivity index (χ1n) is 8.23. The molecular weight excluding hydrogens is 355 g/mol. The highest BCUT2D eigenvalue weighted by molar-refractivity contribution is 5.68. The van der Waals surface area contributed by atoms with Crippen molar-refractivity contribution in [2.24, 2.45) is 0 Å². The van der Waals surface area contributed by atoms with Gasteiger partial charge in [-0.25, -0.2) is 9.18 Å². The molecule has 8 heteroatoms. The first kappa shape index (κ1) is 20.2. The predicted octanol–water partition coefficient (Wildman–Crippen LogP) is 4.86. The molecule has 0 spiro atoms. The lowest BCUT2D eigenvalue weighted by Gasteiger charge is -2.19. The molecule has 7 nitrogen and oxygen atoms in total. The molecule has 0 unspecified atom stereocenters. The summed E-state index contributed by atoms with van der Waals surface area (Å²) in [5.74, 6) is 0.109. The fraction of sp³-hybridized carbons (Fsp3) is 0.316. The van der Waals surface area contributed by atoms with E-state index in [0.717, 1.165) is 0 Å². The number of ether oxygens (including phenoxy) is 2. The van der Waals surface area contributed by atoms with Crippen molar-refractivity contribution in [3.8, 4) is 11.5 Å². The van der Waals surface area contributed by atoms with Crippen molar-refractivity contribution in [1.82, 2.24) is 5.32 Å². The summed E-state index contributed by atoms with van der Waals surface area (Å²) in [6.07, 6.45) is -0.691. The number of alkyl carbamates (subject to hydrolysis) is 1. The van der Waals surface area contributed by atoms with E-state index in [1.54, 1.807) is 33.8 Å². The minimum absolute atomic E-state index is 0.120. The lowest BCUT2D eigenvalue weighted by molar-refractivity contribution is -0.385. The molecule has 0 atom stereocenters. The van der Waals surface area contributed by atoms with E-state index in [1.165, 1.54) is 30.3 Å². The Kier molecular flexibility index (Phi) is 5.99. The van der Waals surface area contributed by atoms with Crippen LogP contribution in [0.4, 0.5) is 14.9 Å². The van der Waals surface area contributed by atoms with E-state index < -0.39 is 22.4 Å².